The number of fused-ring (bicyclic) bond motifs is 1. The van der Waals surface area contributed by atoms with Crippen LogP contribution in [0.1, 0.15) is 28.5 Å². The molecular formula is C33H34ClFN6O3. The maximum absolute atomic E-state index is 14.7. The smallest absolute Gasteiger partial charge is 0.255 e. The number of hydrogen-bond acceptors (Lipinski definition) is 8. The third-order valence-electron chi connectivity index (χ3n) is 8.16. The van der Waals surface area contributed by atoms with Crippen molar-refractivity contribution in [1.29, 1.82) is 0 Å². The quantitative estimate of drug-likeness (QED) is 0.276. The number of carbonyl (C=O) groups is 1. The second kappa shape index (κ2) is 13.2. The fraction of sp³-hybridized carbons (Fsp3) is 0.303. The Morgan fingerprint density at radius 1 is 1.07 bits per heavy atom. The van der Waals surface area contributed by atoms with Gasteiger partial charge < -0.3 is 25.0 Å². The molecule has 11 heteroatoms. The molecule has 0 saturated carbocycles. The van der Waals surface area contributed by atoms with Gasteiger partial charge in [-0.1, -0.05) is 23.7 Å². The second-order valence-electron chi connectivity index (χ2n) is 11.0. The Kier molecular flexibility index (Phi) is 8.92. The molecule has 6 rings (SSSR count). The van der Waals surface area contributed by atoms with Crippen LogP contribution in [0.25, 0.3) is 11.3 Å². The van der Waals surface area contributed by atoms with Crippen LogP contribution in [0.5, 0.6) is 11.5 Å². The van der Waals surface area contributed by atoms with E-state index in [-0.39, 0.29) is 23.3 Å². The number of phenols is 1. The van der Waals surface area contributed by atoms with Gasteiger partial charge in [-0.25, -0.2) is 4.39 Å². The molecule has 2 N–H and O–H groups in total. The summed E-state index contributed by atoms with van der Waals surface area (Å²) in [6.07, 6.45) is 4.07. The molecule has 2 aromatic heterocycles. The van der Waals surface area contributed by atoms with E-state index in [1.165, 1.54) is 18.2 Å². The summed E-state index contributed by atoms with van der Waals surface area (Å²) < 4.78 is 20.6. The fourth-order valence-electron chi connectivity index (χ4n) is 5.75. The van der Waals surface area contributed by atoms with Crippen LogP contribution in [0, 0.1) is 5.82 Å². The van der Waals surface area contributed by atoms with E-state index < -0.39 is 5.82 Å². The van der Waals surface area contributed by atoms with Crippen molar-refractivity contribution in [2.75, 3.05) is 57.8 Å². The van der Waals surface area contributed by atoms with Crippen LogP contribution in [0.3, 0.4) is 0 Å². The number of aromatic nitrogens is 2. The number of pyridine rings is 2. The first-order chi connectivity index (χ1) is 21.4. The lowest BCUT2D eigenvalue weighted by Gasteiger charge is -2.38. The minimum Gasteiger partial charge on any atom is -0.507 e. The van der Waals surface area contributed by atoms with E-state index in [1.54, 1.807) is 30.5 Å². The SMILES string of the molecule is CN1CCN(C(CCNC(=O)c2ccccc2O)c2cc(N3CCOc4cnc(-c5cc(Cl)ccc5F)cc43)ccn2)CC1. The highest BCUT2D eigenvalue weighted by molar-refractivity contribution is 6.30. The van der Waals surface area contributed by atoms with Gasteiger partial charge in [0.05, 0.1) is 41.4 Å². The minimum absolute atomic E-state index is 0.0395. The number of rotatable bonds is 8. The van der Waals surface area contributed by atoms with Gasteiger partial charge in [0, 0.05) is 55.2 Å². The summed E-state index contributed by atoms with van der Waals surface area (Å²) in [5.41, 5.74) is 3.64. The van der Waals surface area contributed by atoms with Crippen molar-refractivity contribution >= 4 is 28.9 Å². The molecule has 2 aromatic carbocycles. The number of aromatic hydroxyl groups is 1. The van der Waals surface area contributed by atoms with E-state index >= 15 is 0 Å². The largest absolute Gasteiger partial charge is 0.507 e. The summed E-state index contributed by atoms with van der Waals surface area (Å²) in [7, 11) is 2.12. The number of nitrogens with one attached hydrogen (secondary N) is 1. The van der Waals surface area contributed by atoms with Gasteiger partial charge in [0.2, 0.25) is 0 Å². The van der Waals surface area contributed by atoms with Gasteiger partial charge in [-0.05, 0) is 62.0 Å². The third-order valence-corrected chi connectivity index (χ3v) is 8.40. The Balaban J connectivity index is 1.27. The van der Waals surface area contributed by atoms with Crippen LogP contribution in [-0.4, -0.2) is 83.7 Å². The molecule has 2 aliphatic rings. The number of hydrogen-bond donors (Lipinski definition) is 2. The van der Waals surface area contributed by atoms with Crippen molar-refractivity contribution < 1.29 is 19.0 Å². The zero-order chi connectivity index (χ0) is 30.6. The van der Waals surface area contributed by atoms with Gasteiger partial charge >= 0.3 is 0 Å². The second-order valence-corrected chi connectivity index (χ2v) is 11.5. The number of anilines is 2. The molecule has 0 radical (unpaired) electrons. The van der Waals surface area contributed by atoms with Crippen LogP contribution in [-0.2, 0) is 0 Å². The first-order valence-corrected chi connectivity index (χ1v) is 15.1. The van der Waals surface area contributed by atoms with Gasteiger partial charge in [-0.15, -0.1) is 0 Å². The van der Waals surface area contributed by atoms with E-state index in [0.29, 0.717) is 48.1 Å². The van der Waals surface area contributed by atoms with Crippen molar-refractivity contribution in [3.05, 3.63) is 95.2 Å². The van der Waals surface area contributed by atoms with Crippen LogP contribution in [0.2, 0.25) is 5.02 Å². The lowest BCUT2D eigenvalue weighted by atomic mass is 10.0. The molecule has 4 heterocycles. The monoisotopic (exact) mass is 616 g/mol. The molecule has 0 bridgehead atoms. The van der Waals surface area contributed by atoms with Crippen molar-refractivity contribution in [3.8, 4) is 22.8 Å². The highest BCUT2D eigenvalue weighted by Crippen LogP contribution is 2.40. The summed E-state index contributed by atoms with van der Waals surface area (Å²) >= 11 is 6.17. The highest BCUT2D eigenvalue weighted by atomic mass is 35.5. The van der Waals surface area contributed by atoms with E-state index in [4.69, 9.17) is 21.3 Å². The number of ether oxygens (including phenoxy) is 1. The van der Waals surface area contributed by atoms with Crippen LogP contribution in [0.4, 0.5) is 15.8 Å². The van der Waals surface area contributed by atoms with Crippen molar-refractivity contribution in [1.82, 2.24) is 25.1 Å². The minimum atomic E-state index is -0.402. The third kappa shape index (κ3) is 6.47. The molecule has 1 amide bonds. The highest BCUT2D eigenvalue weighted by Gasteiger charge is 2.27. The zero-order valence-corrected chi connectivity index (χ0v) is 25.2. The number of carbonyl (C=O) groups excluding carboxylic acids is 1. The van der Waals surface area contributed by atoms with Crippen LogP contribution < -0.4 is 15.0 Å². The number of amides is 1. The molecular weight excluding hydrogens is 583 g/mol. The number of nitrogens with zero attached hydrogens (tertiary/aromatic N) is 5. The van der Waals surface area contributed by atoms with Crippen molar-refractivity contribution in [2.24, 2.45) is 0 Å². The van der Waals surface area contributed by atoms with Gasteiger partial charge in [-0.3, -0.25) is 19.7 Å². The van der Waals surface area contributed by atoms with E-state index in [9.17, 15) is 14.3 Å². The van der Waals surface area contributed by atoms with Gasteiger partial charge in [0.25, 0.3) is 5.91 Å². The first-order valence-electron chi connectivity index (χ1n) is 14.7. The average molecular weight is 617 g/mol. The molecule has 44 heavy (non-hydrogen) atoms. The molecule has 1 unspecified atom stereocenters. The summed E-state index contributed by atoms with van der Waals surface area (Å²) in [6.45, 7) is 5.10. The molecule has 1 saturated heterocycles. The van der Waals surface area contributed by atoms with Gasteiger partial charge in [-0.2, -0.15) is 0 Å². The van der Waals surface area contributed by atoms with E-state index in [2.05, 4.69) is 38.1 Å². The van der Waals surface area contributed by atoms with E-state index in [0.717, 1.165) is 43.2 Å². The maximum Gasteiger partial charge on any atom is 0.255 e. The molecule has 228 valence electrons. The molecule has 0 aliphatic carbocycles. The zero-order valence-electron chi connectivity index (χ0n) is 24.4. The molecule has 0 spiro atoms. The maximum atomic E-state index is 14.7. The molecule has 4 aromatic rings. The number of para-hydroxylation sites is 1. The predicted octanol–water partition coefficient (Wildman–Crippen LogP) is 5.28. The lowest BCUT2D eigenvalue weighted by Crippen LogP contribution is -2.46. The molecule has 9 nitrogen and oxygen atoms in total. The van der Waals surface area contributed by atoms with E-state index in [1.807, 2.05) is 18.3 Å². The van der Waals surface area contributed by atoms with Crippen LogP contribution >= 0.6 is 11.6 Å². The van der Waals surface area contributed by atoms with Crippen LogP contribution in [0.15, 0.2) is 73.1 Å². The summed E-state index contributed by atoms with van der Waals surface area (Å²) in [6, 6.07) is 16.8. The standard InChI is InChI=1S/C33H34ClFN6O3/c1-39-12-14-40(15-13-39)29(9-11-37-33(43)24-4-2-3-5-31(24)42)28-19-23(8-10-36-28)41-16-17-44-32-21-38-27(20-30(32)41)25-18-22(34)6-7-26(25)35/h2-8,10,18-21,29,42H,9,11-17H2,1H3,(H,37,43). The molecule has 1 fully saturated rings. The number of halogens is 2. The summed E-state index contributed by atoms with van der Waals surface area (Å²) in [5.74, 6) is -0.145. The number of phenolic OH excluding ortho intramolecular Hbond substituents is 1. The Labute approximate surface area is 260 Å². The Morgan fingerprint density at radius 3 is 2.70 bits per heavy atom. The molecule has 1 atom stereocenters. The lowest BCUT2D eigenvalue weighted by molar-refractivity contribution is 0.0917. The predicted molar refractivity (Wildman–Crippen MR) is 168 cm³/mol. The molecule has 2 aliphatic heterocycles. The normalized spacial score (nSPS) is 16.2. The Morgan fingerprint density at radius 2 is 1.89 bits per heavy atom. The summed E-state index contributed by atoms with van der Waals surface area (Å²) in [4.78, 5) is 28.9. The van der Waals surface area contributed by atoms with Crippen molar-refractivity contribution in [2.45, 2.75) is 12.5 Å². The fourth-order valence-corrected chi connectivity index (χ4v) is 5.92. The number of likely N-dealkylation sites (N-methyl/N-ethyl adjacent to an activating group) is 1. The summed E-state index contributed by atoms with van der Waals surface area (Å²) in [5, 5.41) is 13.5. The number of piperazine rings is 1. The van der Waals surface area contributed by atoms with Gasteiger partial charge in [0.15, 0.2) is 5.75 Å². The Bertz CT molecular complexity index is 1650. The topological polar surface area (TPSA) is 94.1 Å². The Hall–Kier alpha value is -4.25. The van der Waals surface area contributed by atoms with Crippen molar-refractivity contribution in [3.63, 3.8) is 0 Å². The first kappa shape index (κ1) is 29.8. The number of benzene rings is 2. The van der Waals surface area contributed by atoms with Gasteiger partial charge in [0.1, 0.15) is 18.2 Å². The average Bonchev–Trinajstić information content (AvgIpc) is 3.04.